The molecule has 1 aliphatic heterocycles. The molecule has 98 valence electrons. The third-order valence-electron chi connectivity index (χ3n) is 3.68. The van der Waals surface area contributed by atoms with E-state index in [2.05, 4.69) is 5.32 Å². The fraction of sp³-hybridized carbons (Fsp3) is 0.500. The Morgan fingerprint density at radius 1 is 1.33 bits per heavy atom. The normalized spacial score (nSPS) is 19.4. The summed E-state index contributed by atoms with van der Waals surface area (Å²) in [6.45, 7) is 3.29. The fourth-order valence-electron chi connectivity index (χ4n) is 2.38. The zero-order chi connectivity index (χ0) is 13.0. The van der Waals surface area contributed by atoms with E-state index in [1.165, 1.54) is 5.06 Å². The van der Waals surface area contributed by atoms with Crippen molar-refractivity contribution in [3.05, 3.63) is 30.3 Å². The molecule has 0 bridgehead atoms. The van der Waals surface area contributed by atoms with E-state index in [9.17, 15) is 10.0 Å². The van der Waals surface area contributed by atoms with Gasteiger partial charge in [0.2, 0.25) is 5.91 Å². The molecule has 0 aliphatic carbocycles. The number of hydrogen-bond acceptors (Lipinski definition) is 3. The van der Waals surface area contributed by atoms with Crippen LogP contribution in [0.2, 0.25) is 0 Å². The zero-order valence-electron chi connectivity index (χ0n) is 10.7. The summed E-state index contributed by atoms with van der Waals surface area (Å²) in [5, 5.41) is 13.6. The van der Waals surface area contributed by atoms with Crippen molar-refractivity contribution in [1.29, 1.82) is 0 Å². The molecule has 1 aliphatic rings. The molecule has 4 nitrogen and oxygen atoms in total. The Balaban J connectivity index is 1.89. The monoisotopic (exact) mass is 248 g/mol. The lowest BCUT2D eigenvalue weighted by molar-refractivity contribution is -0.129. The molecule has 1 aromatic carbocycles. The Morgan fingerprint density at radius 3 is 2.56 bits per heavy atom. The average Bonchev–Trinajstić information content (AvgIpc) is 2.40. The van der Waals surface area contributed by atoms with Crippen LogP contribution < -0.4 is 5.32 Å². The molecular formula is C14H20N2O2. The minimum atomic E-state index is -0.0149. The van der Waals surface area contributed by atoms with Crippen LogP contribution >= 0.6 is 0 Å². The lowest BCUT2D eigenvalue weighted by Gasteiger charge is -2.30. The summed E-state index contributed by atoms with van der Waals surface area (Å²) in [5.74, 6) is 0.411. The molecule has 2 N–H and O–H groups in total. The number of hydroxylamine groups is 2. The molecule has 1 saturated heterocycles. The maximum atomic E-state index is 12.1. The van der Waals surface area contributed by atoms with Crippen molar-refractivity contribution in [2.45, 2.75) is 19.8 Å². The molecule has 0 saturated carbocycles. The first kappa shape index (κ1) is 13.1. The minimum Gasteiger partial charge on any atom is -0.326 e. The number of amides is 1. The molecule has 18 heavy (non-hydrogen) atoms. The highest BCUT2D eigenvalue weighted by molar-refractivity contribution is 5.92. The van der Waals surface area contributed by atoms with Gasteiger partial charge in [-0.15, -0.1) is 0 Å². The van der Waals surface area contributed by atoms with E-state index in [0.717, 1.165) is 18.5 Å². The van der Waals surface area contributed by atoms with Gasteiger partial charge in [-0.1, -0.05) is 25.1 Å². The number of benzene rings is 1. The third-order valence-corrected chi connectivity index (χ3v) is 3.68. The van der Waals surface area contributed by atoms with Crippen LogP contribution in [0.25, 0.3) is 0 Å². The first-order valence-corrected chi connectivity index (χ1v) is 6.46. The van der Waals surface area contributed by atoms with Gasteiger partial charge in [-0.05, 0) is 30.9 Å². The highest BCUT2D eigenvalue weighted by Crippen LogP contribution is 2.25. The van der Waals surface area contributed by atoms with Crippen LogP contribution in [0.15, 0.2) is 30.3 Å². The van der Waals surface area contributed by atoms with Gasteiger partial charge in [-0.2, -0.15) is 5.06 Å². The lowest BCUT2D eigenvalue weighted by Crippen LogP contribution is -2.36. The van der Waals surface area contributed by atoms with Crippen LogP contribution in [0.1, 0.15) is 19.8 Å². The van der Waals surface area contributed by atoms with E-state index in [4.69, 9.17) is 0 Å². The standard InChI is InChI=1S/C14H20N2O2/c1-11(12-7-9-16(18)10-8-12)14(17)15-13-5-3-2-4-6-13/h2-6,11-12,18H,7-10H2,1H3,(H,15,17). The summed E-state index contributed by atoms with van der Waals surface area (Å²) < 4.78 is 0. The highest BCUT2D eigenvalue weighted by atomic mass is 16.5. The molecule has 1 unspecified atom stereocenters. The van der Waals surface area contributed by atoms with Crippen LogP contribution in [0.3, 0.4) is 0 Å². The Morgan fingerprint density at radius 2 is 1.94 bits per heavy atom. The summed E-state index contributed by atoms with van der Waals surface area (Å²) in [6, 6.07) is 9.52. The van der Waals surface area contributed by atoms with E-state index in [1.807, 2.05) is 37.3 Å². The van der Waals surface area contributed by atoms with Crippen molar-refractivity contribution in [1.82, 2.24) is 5.06 Å². The lowest BCUT2D eigenvalue weighted by atomic mass is 9.85. The predicted molar refractivity (Wildman–Crippen MR) is 70.3 cm³/mol. The molecule has 2 rings (SSSR count). The number of nitrogens with one attached hydrogen (secondary N) is 1. The zero-order valence-corrected chi connectivity index (χ0v) is 10.7. The van der Waals surface area contributed by atoms with E-state index in [-0.39, 0.29) is 11.8 Å². The summed E-state index contributed by atoms with van der Waals surface area (Å²) in [7, 11) is 0. The van der Waals surface area contributed by atoms with Crippen molar-refractivity contribution in [3.8, 4) is 0 Å². The van der Waals surface area contributed by atoms with Gasteiger partial charge in [0.15, 0.2) is 0 Å². The molecule has 0 aromatic heterocycles. The first-order chi connectivity index (χ1) is 8.66. The largest absolute Gasteiger partial charge is 0.326 e. The molecule has 1 heterocycles. The molecule has 0 radical (unpaired) electrons. The Bertz CT molecular complexity index is 386. The van der Waals surface area contributed by atoms with Crippen molar-refractivity contribution >= 4 is 11.6 Å². The quantitative estimate of drug-likeness (QED) is 0.863. The van der Waals surface area contributed by atoms with Crippen LogP contribution in [0.4, 0.5) is 5.69 Å². The highest BCUT2D eigenvalue weighted by Gasteiger charge is 2.27. The molecule has 1 amide bonds. The second kappa shape index (κ2) is 5.98. The minimum absolute atomic E-state index is 0.0149. The number of anilines is 1. The van der Waals surface area contributed by atoms with E-state index in [0.29, 0.717) is 19.0 Å². The average molecular weight is 248 g/mol. The summed E-state index contributed by atoms with van der Waals surface area (Å²) in [6.07, 6.45) is 1.75. The Labute approximate surface area is 108 Å². The number of carbonyl (C=O) groups is 1. The number of para-hydroxylation sites is 1. The van der Waals surface area contributed by atoms with Gasteiger partial charge in [0.1, 0.15) is 0 Å². The van der Waals surface area contributed by atoms with Crippen LogP contribution in [0, 0.1) is 11.8 Å². The molecular weight excluding hydrogens is 228 g/mol. The Hall–Kier alpha value is -1.39. The maximum Gasteiger partial charge on any atom is 0.227 e. The first-order valence-electron chi connectivity index (χ1n) is 6.46. The second-order valence-corrected chi connectivity index (χ2v) is 4.94. The van der Waals surface area contributed by atoms with Gasteiger partial charge in [0, 0.05) is 24.7 Å². The van der Waals surface area contributed by atoms with Crippen LogP contribution in [0.5, 0.6) is 0 Å². The summed E-state index contributed by atoms with van der Waals surface area (Å²) >= 11 is 0. The number of nitrogens with zero attached hydrogens (tertiary/aromatic N) is 1. The topological polar surface area (TPSA) is 52.6 Å². The number of hydrogen-bond donors (Lipinski definition) is 2. The second-order valence-electron chi connectivity index (χ2n) is 4.94. The Kier molecular flexibility index (Phi) is 4.33. The predicted octanol–water partition coefficient (Wildman–Crippen LogP) is 2.36. The molecule has 1 fully saturated rings. The van der Waals surface area contributed by atoms with Crippen molar-refractivity contribution in [2.75, 3.05) is 18.4 Å². The smallest absolute Gasteiger partial charge is 0.227 e. The molecule has 1 atom stereocenters. The van der Waals surface area contributed by atoms with Gasteiger partial charge < -0.3 is 10.5 Å². The van der Waals surface area contributed by atoms with Gasteiger partial charge in [0.05, 0.1) is 0 Å². The van der Waals surface area contributed by atoms with E-state index in [1.54, 1.807) is 0 Å². The van der Waals surface area contributed by atoms with E-state index >= 15 is 0 Å². The summed E-state index contributed by atoms with van der Waals surface area (Å²) in [4.78, 5) is 12.1. The molecule has 1 aromatic rings. The van der Waals surface area contributed by atoms with Crippen molar-refractivity contribution in [2.24, 2.45) is 11.8 Å². The molecule has 4 heteroatoms. The van der Waals surface area contributed by atoms with Gasteiger partial charge in [-0.3, -0.25) is 4.79 Å². The summed E-state index contributed by atoms with van der Waals surface area (Å²) in [5.41, 5.74) is 0.842. The van der Waals surface area contributed by atoms with Crippen molar-refractivity contribution < 1.29 is 10.0 Å². The van der Waals surface area contributed by atoms with Gasteiger partial charge in [0.25, 0.3) is 0 Å². The van der Waals surface area contributed by atoms with Crippen LogP contribution in [-0.2, 0) is 4.79 Å². The SMILES string of the molecule is CC(C(=O)Nc1ccccc1)C1CCN(O)CC1. The molecule has 0 spiro atoms. The van der Waals surface area contributed by atoms with Gasteiger partial charge in [-0.25, -0.2) is 0 Å². The third kappa shape index (κ3) is 3.31. The van der Waals surface area contributed by atoms with Crippen LogP contribution in [-0.4, -0.2) is 29.3 Å². The fourth-order valence-corrected chi connectivity index (χ4v) is 2.38. The maximum absolute atomic E-state index is 12.1. The number of piperidine rings is 1. The van der Waals surface area contributed by atoms with Gasteiger partial charge >= 0.3 is 0 Å². The van der Waals surface area contributed by atoms with Crippen molar-refractivity contribution in [3.63, 3.8) is 0 Å². The number of carbonyl (C=O) groups excluding carboxylic acids is 1. The number of rotatable bonds is 3. The van der Waals surface area contributed by atoms with E-state index < -0.39 is 0 Å².